The van der Waals surface area contributed by atoms with Gasteiger partial charge in [0.2, 0.25) is 11.8 Å². The van der Waals surface area contributed by atoms with E-state index in [1.807, 2.05) is 27.7 Å². The van der Waals surface area contributed by atoms with E-state index in [4.69, 9.17) is 9.47 Å². The van der Waals surface area contributed by atoms with Gasteiger partial charge >= 0.3 is 11.9 Å². The summed E-state index contributed by atoms with van der Waals surface area (Å²) in [6.45, 7) is 7.76. The lowest BCUT2D eigenvalue weighted by Gasteiger charge is -2.24. The summed E-state index contributed by atoms with van der Waals surface area (Å²) in [4.78, 5) is 50.4. The van der Waals surface area contributed by atoms with Crippen molar-refractivity contribution in [3.63, 3.8) is 0 Å². The molecule has 0 radical (unpaired) electrons. The Morgan fingerprint density at radius 3 is 1.55 bits per heavy atom. The van der Waals surface area contributed by atoms with E-state index in [1.165, 1.54) is 12.4 Å². The highest BCUT2D eigenvalue weighted by Crippen LogP contribution is 2.17. The first-order valence-corrected chi connectivity index (χ1v) is 10.8. The van der Waals surface area contributed by atoms with Gasteiger partial charge in [0.05, 0.1) is 13.2 Å². The zero-order valence-corrected chi connectivity index (χ0v) is 18.7. The molecule has 2 heterocycles. The first kappa shape index (κ1) is 24.4. The number of cyclic esters (lactones) is 2. The van der Waals surface area contributed by atoms with Crippen molar-refractivity contribution in [1.29, 1.82) is 0 Å². The molecule has 2 aliphatic heterocycles. The van der Waals surface area contributed by atoms with Crippen LogP contribution in [0.25, 0.3) is 0 Å². The third-order valence-electron chi connectivity index (χ3n) is 5.17. The van der Waals surface area contributed by atoms with Gasteiger partial charge in [0.25, 0.3) is 0 Å². The minimum Gasteiger partial charge on any atom is -0.464 e. The van der Waals surface area contributed by atoms with Crippen molar-refractivity contribution < 1.29 is 28.7 Å². The molecule has 1 fully saturated rings. The maximum Gasteiger partial charge on any atom is 0.328 e. The Balaban J connectivity index is 2.19. The molecule has 2 amide bonds. The van der Waals surface area contributed by atoms with Crippen LogP contribution in [0.2, 0.25) is 0 Å². The van der Waals surface area contributed by atoms with Crippen LogP contribution in [0.3, 0.4) is 0 Å². The highest BCUT2D eigenvalue weighted by Gasteiger charge is 2.30. The maximum atomic E-state index is 12.7. The molecule has 1 unspecified atom stereocenters. The molecule has 9 nitrogen and oxygen atoms in total. The summed E-state index contributed by atoms with van der Waals surface area (Å²) in [5.74, 6) is -2.22. The van der Waals surface area contributed by atoms with E-state index in [0.29, 0.717) is 30.4 Å². The number of fused-ring (bicyclic) bond motifs is 2. The first-order valence-electron chi connectivity index (χ1n) is 10.8. The molecular weight excluding hydrogens is 402 g/mol. The lowest BCUT2D eigenvalue weighted by atomic mass is 9.99. The topological polar surface area (TPSA) is 123 Å². The smallest absolute Gasteiger partial charge is 0.328 e. The van der Waals surface area contributed by atoms with Crippen molar-refractivity contribution in [2.45, 2.75) is 65.5 Å². The maximum absolute atomic E-state index is 12.7. The summed E-state index contributed by atoms with van der Waals surface area (Å²) in [6.07, 6.45) is 4.99. The predicted octanol–water partition coefficient (Wildman–Crippen LogP) is 1.30. The van der Waals surface area contributed by atoms with Crippen molar-refractivity contribution in [3.8, 4) is 0 Å². The fourth-order valence-electron chi connectivity index (χ4n) is 3.21. The number of dihydropyridines is 1. The summed E-state index contributed by atoms with van der Waals surface area (Å²) in [5.41, 5.74) is 0.603. The van der Waals surface area contributed by atoms with Gasteiger partial charge in [0, 0.05) is 30.0 Å². The second-order valence-electron chi connectivity index (χ2n) is 8.47. The highest BCUT2D eigenvalue weighted by molar-refractivity contribution is 6.01. The van der Waals surface area contributed by atoms with Crippen molar-refractivity contribution in [3.05, 3.63) is 23.5 Å². The molecule has 2 atom stereocenters. The molecule has 0 spiro atoms. The second-order valence-corrected chi connectivity index (χ2v) is 8.47. The van der Waals surface area contributed by atoms with Gasteiger partial charge in [-0.15, -0.1) is 0 Å². The zero-order valence-electron chi connectivity index (χ0n) is 18.7. The monoisotopic (exact) mass is 435 g/mol. The molecule has 2 aliphatic rings. The molecule has 0 aromatic carbocycles. The Morgan fingerprint density at radius 1 is 0.742 bits per heavy atom. The van der Waals surface area contributed by atoms with E-state index in [0.717, 1.165) is 0 Å². The normalized spacial score (nSPS) is 24.6. The molecule has 0 aromatic heterocycles. The third-order valence-corrected chi connectivity index (χ3v) is 5.17. The van der Waals surface area contributed by atoms with Crippen LogP contribution in [-0.4, -0.2) is 49.1 Å². The van der Waals surface area contributed by atoms with Crippen molar-refractivity contribution in [1.82, 2.24) is 16.0 Å². The van der Waals surface area contributed by atoms with Gasteiger partial charge in [0.15, 0.2) is 0 Å². The molecule has 2 rings (SSSR count). The standard InChI is InChI=1S/C22H33N3O6/c1-13(2)17-21(28)30-8-6-5-7-9-31-22(29)18(14(3)4)25-20(27)16-10-15(11-23-12-16)19(26)24-17/h11-14,17-18,23H,5-10H2,1-4H3,(H,24,26)(H,25,27)/t17-,18?/m0/s1. The predicted molar refractivity (Wildman–Crippen MR) is 113 cm³/mol. The average Bonchev–Trinajstić information content (AvgIpc) is 2.73. The second kappa shape index (κ2) is 11.5. The fraction of sp³-hybridized carbons (Fsp3) is 0.636. The van der Waals surface area contributed by atoms with E-state index in [1.54, 1.807) is 0 Å². The Hall–Kier alpha value is -2.84. The Labute approximate surface area is 183 Å². The number of hydrogen-bond donors (Lipinski definition) is 3. The van der Waals surface area contributed by atoms with Crippen LogP contribution in [0.1, 0.15) is 53.4 Å². The van der Waals surface area contributed by atoms with Gasteiger partial charge < -0.3 is 25.4 Å². The number of nitrogens with one attached hydrogen (secondary N) is 3. The van der Waals surface area contributed by atoms with Crippen LogP contribution >= 0.6 is 0 Å². The lowest BCUT2D eigenvalue weighted by Crippen LogP contribution is -2.47. The quantitative estimate of drug-likeness (QED) is 0.559. The highest BCUT2D eigenvalue weighted by atomic mass is 16.5. The summed E-state index contributed by atoms with van der Waals surface area (Å²) in [7, 11) is 0. The molecular formula is C22H33N3O6. The number of hydrogen-bond acceptors (Lipinski definition) is 7. The fourth-order valence-corrected chi connectivity index (χ4v) is 3.21. The molecule has 0 aromatic rings. The molecule has 3 N–H and O–H groups in total. The molecule has 2 bridgehead atoms. The van der Waals surface area contributed by atoms with Crippen LogP contribution in [0.4, 0.5) is 0 Å². The van der Waals surface area contributed by atoms with Gasteiger partial charge in [-0.05, 0) is 31.1 Å². The van der Waals surface area contributed by atoms with E-state index in [-0.39, 0.29) is 31.5 Å². The Bertz CT molecular complexity index is 696. The number of esters is 2. The average molecular weight is 436 g/mol. The molecule has 1 saturated heterocycles. The molecule has 0 saturated carbocycles. The Kier molecular flexibility index (Phi) is 9.08. The number of amides is 2. The summed E-state index contributed by atoms with van der Waals surface area (Å²) in [5, 5.41) is 8.24. The molecule has 172 valence electrons. The number of carbonyl (C=O) groups excluding carboxylic acids is 4. The molecule has 0 aliphatic carbocycles. The van der Waals surface area contributed by atoms with Gasteiger partial charge in [-0.2, -0.15) is 0 Å². The minimum atomic E-state index is -0.790. The van der Waals surface area contributed by atoms with Gasteiger partial charge in [-0.25, -0.2) is 9.59 Å². The minimum absolute atomic E-state index is 0.0599. The van der Waals surface area contributed by atoms with Crippen molar-refractivity contribution >= 4 is 23.8 Å². The van der Waals surface area contributed by atoms with Gasteiger partial charge in [-0.3, -0.25) is 9.59 Å². The summed E-state index contributed by atoms with van der Waals surface area (Å²) >= 11 is 0. The number of carbonyl (C=O) groups is 4. The summed E-state index contributed by atoms with van der Waals surface area (Å²) in [6, 6.07) is -1.58. The van der Waals surface area contributed by atoms with E-state index in [9.17, 15) is 19.2 Å². The van der Waals surface area contributed by atoms with E-state index >= 15 is 0 Å². The summed E-state index contributed by atoms with van der Waals surface area (Å²) < 4.78 is 10.7. The van der Waals surface area contributed by atoms with E-state index < -0.39 is 35.8 Å². The SMILES string of the molecule is CC(C)C1NC(=O)C2=CNC=C(C2)C(=O)N[C@@H](C(C)C)C(=O)OCCCCCOC1=O. The van der Waals surface area contributed by atoms with E-state index in [2.05, 4.69) is 16.0 Å². The molecule has 9 heteroatoms. The van der Waals surface area contributed by atoms with Crippen molar-refractivity contribution in [2.75, 3.05) is 13.2 Å². The van der Waals surface area contributed by atoms with Crippen LogP contribution in [0.15, 0.2) is 23.5 Å². The third kappa shape index (κ3) is 7.11. The molecule has 31 heavy (non-hydrogen) atoms. The van der Waals surface area contributed by atoms with Gasteiger partial charge in [0.1, 0.15) is 12.1 Å². The van der Waals surface area contributed by atoms with Crippen LogP contribution in [0.5, 0.6) is 0 Å². The van der Waals surface area contributed by atoms with Gasteiger partial charge in [-0.1, -0.05) is 27.7 Å². The van der Waals surface area contributed by atoms with Crippen molar-refractivity contribution in [2.24, 2.45) is 11.8 Å². The number of ether oxygens (including phenoxy) is 2. The van der Waals surface area contributed by atoms with Crippen LogP contribution in [0, 0.1) is 11.8 Å². The first-order chi connectivity index (χ1) is 14.7. The largest absolute Gasteiger partial charge is 0.464 e. The Morgan fingerprint density at radius 2 is 1.16 bits per heavy atom. The lowest BCUT2D eigenvalue weighted by molar-refractivity contribution is -0.149. The van der Waals surface area contributed by atoms with Crippen LogP contribution < -0.4 is 16.0 Å². The zero-order chi connectivity index (χ0) is 23.0. The number of rotatable bonds is 2. The van der Waals surface area contributed by atoms with Crippen LogP contribution in [-0.2, 0) is 28.7 Å².